The molecular weight excluding hydrogens is 308 g/mol. The molecule has 2 amide bonds. The first-order chi connectivity index (χ1) is 11.1. The van der Waals surface area contributed by atoms with Gasteiger partial charge in [0, 0.05) is 24.3 Å². The molecule has 1 heterocycles. The minimum Gasteiger partial charge on any atom is -0.320 e. The zero-order chi connectivity index (χ0) is 16.7. The Balaban J connectivity index is 2.07. The summed E-state index contributed by atoms with van der Waals surface area (Å²) >= 11 is 1.63. The molecular formula is C18H22N2O2S. The van der Waals surface area contributed by atoms with Gasteiger partial charge < -0.3 is 10.2 Å². The number of ketones is 1. The van der Waals surface area contributed by atoms with Crippen LogP contribution in [0.2, 0.25) is 0 Å². The predicted octanol–water partition coefficient (Wildman–Crippen LogP) is 4.78. The number of unbranched alkanes of at least 4 members (excludes halogenated alkanes) is 1. The molecule has 0 aliphatic carbocycles. The number of urea groups is 1. The third-order valence-electron chi connectivity index (χ3n) is 3.54. The fraction of sp³-hybridized carbons (Fsp3) is 0.333. The number of nitrogens with one attached hydrogen (secondary N) is 1. The molecule has 0 unspecified atom stereocenters. The number of carbonyl (C=O) groups is 2. The Morgan fingerprint density at radius 1 is 1.26 bits per heavy atom. The number of nitrogens with zero attached hydrogens (tertiary/aromatic N) is 1. The zero-order valence-corrected chi connectivity index (χ0v) is 14.4. The van der Waals surface area contributed by atoms with Crippen LogP contribution in [0.1, 0.15) is 42.6 Å². The van der Waals surface area contributed by atoms with Gasteiger partial charge in [-0.25, -0.2) is 4.79 Å². The van der Waals surface area contributed by atoms with E-state index in [1.807, 2.05) is 16.3 Å². The highest BCUT2D eigenvalue weighted by atomic mass is 32.1. The van der Waals surface area contributed by atoms with Gasteiger partial charge in [-0.15, -0.1) is 0 Å². The molecule has 2 aromatic rings. The Morgan fingerprint density at radius 3 is 2.74 bits per heavy atom. The smallest absolute Gasteiger partial charge is 0.320 e. The van der Waals surface area contributed by atoms with Crippen molar-refractivity contribution >= 4 is 28.8 Å². The van der Waals surface area contributed by atoms with Crippen LogP contribution in [0.4, 0.5) is 10.5 Å². The number of Topliss-reactive ketones (excluding diaryl/α,β-unsaturated/α-hetero) is 1. The van der Waals surface area contributed by atoms with Gasteiger partial charge in [0.25, 0.3) is 0 Å². The van der Waals surface area contributed by atoms with Crippen molar-refractivity contribution < 1.29 is 9.59 Å². The van der Waals surface area contributed by atoms with Crippen LogP contribution in [0.3, 0.4) is 0 Å². The average Bonchev–Trinajstić information content (AvgIpc) is 3.04. The van der Waals surface area contributed by atoms with Crippen LogP contribution < -0.4 is 5.32 Å². The van der Waals surface area contributed by atoms with Gasteiger partial charge in [-0.05, 0) is 47.9 Å². The van der Waals surface area contributed by atoms with Crippen molar-refractivity contribution in [1.29, 1.82) is 0 Å². The predicted molar refractivity (Wildman–Crippen MR) is 95.1 cm³/mol. The maximum Gasteiger partial charge on any atom is 0.322 e. The highest BCUT2D eigenvalue weighted by Crippen LogP contribution is 2.15. The Kier molecular flexibility index (Phi) is 6.35. The van der Waals surface area contributed by atoms with Gasteiger partial charge in [0.2, 0.25) is 0 Å². The third kappa shape index (κ3) is 5.21. The summed E-state index contributed by atoms with van der Waals surface area (Å²) in [5.74, 6) is -0.0118. The summed E-state index contributed by atoms with van der Waals surface area (Å²) < 4.78 is 0. The lowest BCUT2D eigenvalue weighted by Gasteiger charge is -2.22. The largest absolute Gasteiger partial charge is 0.322 e. The van der Waals surface area contributed by atoms with Crippen molar-refractivity contribution in [2.45, 2.75) is 33.2 Å². The van der Waals surface area contributed by atoms with Gasteiger partial charge in [0.05, 0.1) is 0 Å². The molecule has 1 aromatic carbocycles. The lowest BCUT2D eigenvalue weighted by atomic mass is 10.1. The molecule has 0 saturated carbocycles. The maximum atomic E-state index is 12.6. The number of benzene rings is 1. The van der Waals surface area contributed by atoms with E-state index in [0.717, 1.165) is 18.4 Å². The first kappa shape index (κ1) is 17.2. The van der Waals surface area contributed by atoms with Crippen LogP contribution in [0, 0.1) is 0 Å². The normalized spacial score (nSPS) is 10.3. The molecule has 5 heteroatoms. The standard InChI is InChI=1S/C18H22N2O2S/c1-3-4-9-20(12-15-8-10-23-13-15)18(22)19-17-7-5-6-16(11-17)14(2)21/h5-8,10-11,13H,3-4,9,12H2,1-2H3,(H,19,22). The molecule has 122 valence electrons. The molecule has 4 nitrogen and oxygen atoms in total. The van der Waals surface area contributed by atoms with Crippen LogP contribution in [-0.4, -0.2) is 23.3 Å². The van der Waals surface area contributed by atoms with Crippen molar-refractivity contribution in [3.8, 4) is 0 Å². The van der Waals surface area contributed by atoms with E-state index in [1.54, 1.807) is 35.6 Å². The van der Waals surface area contributed by atoms with E-state index in [9.17, 15) is 9.59 Å². The van der Waals surface area contributed by atoms with Gasteiger partial charge in [0.1, 0.15) is 0 Å². The third-order valence-corrected chi connectivity index (χ3v) is 4.27. The lowest BCUT2D eigenvalue weighted by Crippen LogP contribution is -2.35. The molecule has 1 N–H and O–H groups in total. The Bertz CT molecular complexity index is 653. The fourth-order valence-electron chi connectivity index (χ4n) is 2.22. The second-order valence-corrected chi connectivity index (χ2v) is 6.25. The number of amides is 2. The molecule has 0 radical (unpaired) electrons. The summed E-state index contributed by atoms with van der Waals surface area (Å²) in [5.41, 5.74) is 2.38. The van der Waals surface area contributed by atoms with Crippen molar-refractivity contribution in [3.05, 3.63) is 52.2 Å². The van der Waals surface area contributed by atoms with Crippen LogP contribution in [0.5, 0.6) is 0 Å². The van der Waals surface area contributed by atoms with Crippen LogP contribution in [0.15, 0.2) is 41.1 Å². The Morgan fingerprint density at radius 2 is 2.09 bits per heavy atom. The van der Waals surface area contributed by atoms with E-state index in [2.05, 4.69) is 17.6 Å². The van der Waals surface area contributed by atoms with Crippen LogP contribution >= 0.6 is 11.3 Å². The summed E-state index contributed by atoms with van der Waals surface area (Å²) in [6.07, 6.45) is 2.00. The van der Waals surface area contributed by atoms with E-state index in [0.29, 0.717) is 24.3 Å². The highest BCUT2D eigenvalue weighted by molar-refractivity contribution is 7.07. The van der Waals surface area contributed by atoms with E-state index < -0.39 is 0 Å². The summed E-state index contributed by atoms with van der Waals surface area (Å²) in [6, 6.07) is 8.94. The lowest BCUT2D eigenvalue weighted by molar-refractivity contribution is 0.101. The second-order valence-electron chi connectivity index (χ2n) is 5.47. The van der Waals surface area contributed by atoms with E-state index in [4.69, 9.17) is 0 Å². The van der Waals surface area contributed by atoms with Crippen molar-refractivity contribution in [2.75, 3.05) is 11.9 Å². The summed E-state index contributed by atoms with van der Waals surface area (Å²) in [7, 11) is 0. The number of thiophene rings is 1. The van der Waals surface area contributed by atoms with Gasteiger partial charge in [-0.3, -0.25) is 4.79 Å². The van der Waals surface area contributed by atoms with Crippen LogP contribution in [0.25, 0.3) is 0 Å². The highest BCUT2D eigenvalue weighted by Gasteiger charge is 2.14. The van der Waals surface area contributed by atoms with Gasteiger partial charge in [0.15, 0.2) is 5.78 Å². The number of hydrogen-bond acceptors (Lipinski definition) is 3. The molecule has 2 rings (SSSR count). The number of hydrogen-bond donors (Lipinski definition) is 1. The minimum atomic E-state index is -0.134. The summed E-state index contributed by atoms with van der Waals surface area (Å²) in [5, 5.41) is 6.97. The number of carbonyl (C=O) groups excluding carboxylic acids is 2. The van der Waals surface area contributed by atoms with E-state index in [1.165, 1.54) is 6.92 Å². The molecule has 0 spiro atoms. The zero-order valence-electron chi connectivity index (χ0n) is 13.5. The molecule has 0 atom stereocenters. The first-order valence-electron chi connectivity index (χ1n) is 7.78. The minimum absolute atomic E-state index is 0.0118. The average molecular weight is 330 g/mol. The first-order valence-corrected chi connectivity index (χ1v) is 8.72. The summed E-state index contributed by atoms with van der Waals surface area (Å²) in [6.45, 7) is 4.94. The molecule has 1 aromatic heterocycles. The van der Waals surface area contributed by atoms with Gasteiger partial charge >= 0.3 is 6.03 Å². The quantitative estimate of drug-likeness (QED) is 0.742. The molecule has 0 aliphatic rings. The molecule has 0 aliphatic heterocycles. The van der Waals surface area contributed by atoms with Gasteiger partial charge in [-0.2, -0.15) is 11.3 Å². The topological polar surface area (TPSA) is 49.4 Å². The Hall–Kier alpha value is -2.14. The van der Waals surface area contributed by atoms with E-state index in [-0.39, 0.29) is 11.8 Å². The molecule has 0 fully saturated rings. The fourth-order valence-corrected chi connectivity index (χ4v) is 2.88. The maximum absolute atomic E-state index is 12.6. The van der Waals surface area contributed by atoms with Crippen molar-refractivity contribution in [1.82, 2.24) is 4.90 Å². The van der Waals surface area contributed by atoms with E-state index >= 15 is 0 Å². The monoisotopic (exact) mass is 330 g/mol. The van der Waals surface area contributed by atoms with Gasteiger partial charge in [-0.1, -0.05) is 25.5 Å². The second kappa shape index (κ2) is 8.48. The molecule has 0 bridgehead atoms. The SMILES string of the molecule is CCCCN(Cc1ccsc1)C(=O)Nc1cccc(C(C)=O)c1. The van der Waals surface area contributed by atoms with Crippen molar-refractivity contribution in [2.24, 2.45) is 0 Å². The molecule has 0 saturated heterocycles. The number of rotatable bonds is 7. The number of anilines is 1. The Labute approximate surface area is 141 Å². The summed E-state index contributed by atoms with van der Waals surface area (Å²) in [4.78, 5) is 25.8. The van der Waals surface area contributed by atoms with Crippen LogP contribution in [-0.2, 0) is 6.54 Å². The molecule has 23 heavy (non-hydrogen) atoms. The van der Waals surface area contributed by atoms with Crippen molar-refractivity contribution in [3.63, 3.8) is 0 Å².